The monoisotopic (exact) mass is 307 g/mol. The van der Waals surface area contributed by atoms with E-state index in [2.05, 4.69) is 5.32 Å². The Hall–Kier alpha value is -1.14. The summed E-state index contributed by atoms with van der Waals surface area (Å²) < 4.78 is 35.9. The average Bonchev–Trinajstić information content (AvgIpc) is 2.27. The predicted octanol–water partition coefficient (Wildman–Crippen LogP) is 2.67. The Labute approximate surface area is 116 Å². The van der Waals surface area contributed by atoms with Crippen molar-refractivity contribution in [2.45, 2.75) is 37.6 Å². The van der Waals surface area contributed by atoms with E-state index in [9.17, 15) is 17.6 Å². The molecule has 0 aromatic heterocycles. The van der Waals surface area contributed by atoms with E-state index in [1.165, 1.54) is 0 Å². The summed E-state index contributed by atoms with van der Waals surface area (Å²) in [5.74, 6) is -1.44. The average molecular weight is 308 g/mol. The van der Waals surface area contributed by atoms with Crippen LogP contribution in [0.5, 0.6) is 0 Å². The Bertz CT molecular complexity index is 574. The van der Waals surface area contributed by atoms with Gasteiger partial charge in [0, 0.05) is 16.7 Å². The molecule has 0 fully saturated rings. The summed E-state index contributed by atoms with van der Waals surface area (Å²) in [6, 6.07) is 2.75. The maximum atomic E-state index is 13.5. The smallest absolute Gasteiger partial charge is 0.261 e. The topological polar surface area (TPSA) is 63.2 Å². The fourth-order valence-corrected chi connectivity index (χ4v) is 2.41. The second-order valence-corrected chi connectivity index (χ2v) is 6.81. The molecule has 1 atom stereocenters. The van der Waals surface area contributed by atoms with Gasteiger partial charge in [0.25, 0.3) is 15.0 Å². The molecule has 0 bridgehead atoms. The summed E-state index contributed by atoms with van der Waals surface area (Å²) in [6.07, 6.45) is 1.63. The zero-order valence-corrected chi connectivity index (χ0v) is 12.2. The quantitative estimate of drug-likeness (QED) is 0.851. The molecule has 1 aromatic rings. The highest BCUT2D eigenvalue weighted by Crippen LogP contribution is 2.18. The van der Waals surface area contributed by atoms with Gasteiger partial charge in [-0.1, -0.05) is 13.3 Å². The molecule has 19 heavy (non-hydrogen) atoms. The lowest BCUT2D eigenvalue weighted by Crippen LogP contribution is -2.33. The maximum absolute atomic E-state index is 13.5. The molecule has 0 saturated carbocycles. The van der Waals surface area contributed by atoms with Gasteiger partial charge >= 0.3 is 0 Å². The van der Waals surface area contributed by atoms with E-state index < -0.39 is 20.8 Å². The Morgan fingerprint density at radius 3 is 2.63 bits per heavy atom. The fraction of sp³-hybridized carbons (Fsp3) is 0.417. The molecule has 0 spiro atoms. The summed E-state index contributed by atoms with van der Waals surface area (Å²) in [5, 5.41) is 2.60. The van der Waals surface area contributed by atoms with Crippen LogP contribution in [-0.4, -0.2) is 20.4 Å². The van der Waals surface area contributed by atoms with Crippen molar-refractivity contribution < 1.29 is 17.6 Å². The molecule has 0 aliphatic heterocycles. The molecule has 0 heterocycles. The Morgan fingerprint density at radius 2 is 2.11 bits per heavy atom. The molecule has 1 aromatic carbocycles. The van der Waals surface area contributed by atoms with Crippen molar-refractivity contribution >= 4 is 25.6 Å². The SMILES string of the molecule is CCCC(C)NC(=O)c1cc(S(=O)(=O)Cl)ccc1F. The molecule has 106 valence electrons. The van der Waals surface area contributed by atoms with Gasteiger partial charge in [-0.15, -0.1) is 0 Å². The van der Waals surface area contributed by atoms with E-state index in [1.54, 1.807) is 6.92 Å². The summed E-state index contributed by atoms with van der Waals surface area (Å²) in [7, 11) is 1.17. The zero-order valence-electron chi connectivity index (χ0n) is 10.6. The predicted molar refractivity (Wildman–Crippen MR) is 71.3 cm³/mol. The highest BCUT2D eigenvalue weighted by molar-refractivity contribution is 8.13. The van der Waals surface area contributed by atoms with Crippen LogP contribution in [0.15, 0.2) is 23.1 Å². The summed E-state index contributed by atoms with van der Waals surface area (Å²) in [6.45, 7) is 3.76. The van der Waals surface area contributed by atoms with Crippen molar-refractivity contribution in [3.8, 4) is 0 Å². The van der Waals surface area contributed by atoms with Crippen LogP contribution in [0.25, 0.3) is 0 Å². The Kier molecular flexibility index (Phi) is 5.31. The number of rotatable bonds is 5. The molecule has 1 unspecified atom stereocenters. The van der Waals surface area contributed by atoms with Gasteiger partial charge in [-0.05, 0) is 31.5 Å². The minimum absolute atomic E-state index is 0.117. The first-order valence-corrected chi connectivity index (χ1v) is 8.11. The molecule has 0 aliphatic rings. The first kappa shape index (κ1) is 15.9. The van der Waals surface area contributed by atoms with E-state index in [1.807, 2.05) is 6.92 Å². The van der Waals surface area contributed by atoms with Crippen molar-refractivity contribution in [1.29, 1.82) is 0 Å². The van der Waals surface area contributed by atoms with Crippen LogP contribution in [0.4, 0.5) is 4.39 Å². The third-order valence-electron chi connectivity index (χ3n) is 2.56. The lowest BCUT2D eigenvalue weighted by Gasteiger charge is -2.13. The van der Waals surface area contributed by atoms with Crippen LogP contribution < -0.4 is 5.32 Å². The molecule has 1 N–H and O–H groups in total. The minimum Gasteiger partial charge on any atom is -0.349 e. The first-order valence-electron chi connectivity index (χ1n) is 5.80. The van der Waals surface area contributed by atoms with Crippen LogP contribution in [0.1, 0.15) is 37.0 Å². The van der Waals surface area contributed by atoms with Crippen molar-refractivity contribution in [3.05, 3.63) is 29.6 Å². The molecule has 1 rings (SSSR count). The van der Waals surface area contributed by atoms with Crippen LogP contribution in [0, 0.1) is 5.82 Å². The van der Waals surface area contributed by atoms with Crippen LogP contribution in [0.3, 0.4) is 0 Å². The number of nitrogens with one attached hydrogen (secondary N) is 1. The van der Waals surface area contributed by atoms with Crippen molar-refractivity contribution in [2.75, 3.05) is 0 Å². The van der Waals surface area contributed by atoms with E-state index in [0.29, 0.717) is 0 Å². The second-order valence-electron chi connectivity index (χ2n) is 4.24. The number of amides is 1. The van der Waals surface area contributed by atoms with Gasteiger partial charge in [-0.2, -0.15) is 0 Å². The number of halogens is 2. The molecule has 0 radical (unpaired) electrons. The lowest BCUT2D eigenvalue weighted by atomic mass is 10.1. The number of hydrogen-bond acceptors (Lipinski definition) is 3. The molecular formula is C12H15ClFNO3S. The third-order valence-corrected chi connectivity index (χ3v) is 3.91. The van der Waals surface area contributed by atoms with Gasteiger partial charge in [0.05, 0.1) is 10.5 Å². The number of carbonyl (C=O) groups excluding carboxylic acids is 1. The van der Waals surface area contributed by atoms with Crippen molar-refractivity contribution in [1.82, 2.24) is 5.32 Å². The Balaban J connectivity index is 3.03. The van der Waals surface area contributed by atoms with Gasteiger partial charge in [-0.3, -0.25) is 4.79 Å². The van der Waals surface area contributed by atoms with E-state index in [-0.39, 0.29) is 16.5 Å². The highest BCUT2D eigenvalue weighted by Gasteiger charge is 2.18. The fourth-order valence-electron chi connectivity index (χ4n) is 1.64. The lowest BCUT2D eigenvalue weighted by molar-refractivity contribution is 0.0934. The first-order chi connectivity index (χ1) is 8.75. The van der Waals surface area contributed by atoms with E-state index in [4.69, 9.17) is 10.7 Å². The van der Waals surface area contributed by atoms with Gasteiger partial charge < -0.3 is 5.32 Å². The molecule has 1 amide bonds. The van der Waals surface area contributed by atoms with Crippen molar-refractivity contribution in [2.24, 2.45) is 0 Å². The van der Waals surface area contributed by atoms with Gasteiger partial charge in [-0.25, -0.2) is 12.8 Å². The third kappa shape index (κ3) is 4.47. The molecule has 0 aliphatic carbocycles. The summed E-state index contributed by atoms with van der Waals surface area (Å²) >= 11 is 0. The van der Waals surface area contributed by atoms with Gasteiger partial charge in [0.1, 0.15) is 5.82 Å². The molecule has 0 saturated heterocycles. The number of benzene rings is 1. The maximum Gasteiger partial charge on any atom is 0.261 e. The Morgan fingerprint density at radius 1 is 1.47 bits per heavy atom. The standard InChI is InChI=1S/C12H15ClFNO3S/c1-3-4-8(2)15-12(16)10-7-9(19(13,17)18)5-6-11(10)14/h5-8H,3-4H2,1-2H3,(H,15,16). The largest absolute Gasteiger partial charge is 0.349 e. The molecule has 4 nitrogen and oxygen atoms in total. The zero-order chi connectivity index (χ0) is 14.6. The van der Waals surface area contributed by atoms with E-state index in [0.717, 1.165) is 31.0 Å². The van der Waals surface area contributed by atoms with Gasteiger partial charge in [0.2, 0.25) is 0 Å². The van der Waals surface area contributed by atoms with Gasteiger partial charge in [0.15, 0.2) is 0 Å². The molecule has 7 heteroatoms. The highest BCUT2D eigenvalue weighted by atomic mass is 35.7. The number of hydrogen-bond donors (Lipinski definition) is 1. The number of carbonyl (C=O) groups is 1. The van der Waals surface area contributed by atoms with Crippen molar-refractivity contribution in [3.63, 3.8) is 0 Å². The summed E-state index contributed by atoms with van der Waals surface area (Å²) in [4.78, 5) is 11.5. The normalized spacial score (nSPS) is 13.1. The van der Waals surface area contributed by atoms with E-state index >= 15 is 0 Å². The summed E-state index contributed by atoms with van der Waals surface area (Å²) in [5.41, 5.74) is -0.329. The van der Waals surface area contributed by atoms with Crippen LogP contribution in [-0.2, 0) is 9.05 Å². The second kappa shape index (κ2) is 6.34. The van der Waals surface area contributed by atoms with Crippen LogP contribution >= 0.6 is 10.7 Å². The minimum atomic E-state index is -3.99. The molecular weight excluding hydrogens is 293 g/mol. The van der Waals surface area contributed by atoms with Crippen LogP contribution in [0.2, 0.25) is 0 Å².